The number of amides is 1. The summed E-state index contributed by atoms with van der Waals surface area (Å²) in [4.78, 5) is 23.9. The Hall–Kier alpha value is -2.25. The van der Waals surface area contributed by atoms with Crippen molar-refractivity contribution in [2.45, 2.75) is 44.9 Å². The number of likely N-dealkylation sites (tertiary alicyclic amines) is 1. The lowest BCUT2D eigenvalue weighted by atomic mass is 10.1. The van der Waals surface area contributed by atoms with Crippen LogP contribution in [-0.2, 0) is 16.0 Å². The van der Waals surface area contributed by atoms with Crippen LogP contribution in [0.2, 0.25) is 0 Å². The summed E-state index contributed by atoms with van der Waals surface area (Å²) in [7, 11) is 3.27. The maximum Gasteiger partial charge on any atom is 0.235 e. The minimum absolute atomic E-state index is 0.00878. The van der Waals surface area contributed by atoms with Gasteiger partial charge in [-0.05, 0) is 26.0 Å². The first kappa shape index (κ1) is 19.5. The van der Waals surface area contributed by atoms with Gasteiger partial charge in [0.05, 0.1) is 30.3 Å². The molecule has 2 heterocycles. The molecule has 2 aromatic rings. The summed E-state index contributed by atoms with van der Waals surface area (Å²) >= 11 is 0. The molecule has 1 aromatic carbocycles. The molecule has 1 aliphatic rings. The monoisotopic (exact) mass is 372 g/mol. The molecule has 1 aromatic heterocycles. The number of nitrogens with one attached hydrogen (secondary N) is 1. The first-order chi connectivity index (χ1) is 13.0. The molecule has 3 rings (SSSR count). The number of ether oxygens (including phenoxy) is 2. The summed E-state index contributed by atoms with van der Waals surface area (Å²) in [6.07, 6.45) is 0.828. The van der Waals surface area contributed by atoms with E-state index in [0.29, 0.717) is 30.5 Å². The molecule has 0 saturated carbocycles. The third-order valence-corrected chi connectivity index (χ3v) is 5.06. The number of carbonyl (C=O) groups is 1. The number of hydrogen-bond donors (Lipinski definition) is 1. The molecule has 1 fully saturated rings. The Morgan fingerprint density at radius 2 is 1.93 bits per heavy atom. The highest BCUT2D eigenvalue weighted by atomic mass is 16.5. The topological polar surface area (TPSA) is 76.6 Å². The summed E-state index contributed by atoms with van der Waals surface area (Å²) in [5, 5.41) is 3.12. The van der Waals surface area contributed by atoms with Crippen LogP contribution in [-0.4, -0.2) is 66.3 Å². The van der Waals surface area contributed by atoms with Gasteiger partial charge in [-0.25, -0.2) is 9.97 Å². The molecular formula is C20H28N4O3. The number of para-hydroxylation sites is 2. The fourth-order valence-electron chi connectivity index (χ4n) is 3.46. The molecule has 1 saturated heterocycles. The molecule has 0 spiro atoms. The van der Waals surface area contributed by atoms with Crippen LogP contribution < -0.4 is 10.1 Å². The van der Waals surface area contributed by atoms with Crippen molar-refractivity contribution in [3.05, 3.63) is 30.0 Å². The van der Waals surface area contributed by atoms with Crippen LogP contribution in [0.15, 0.2) is 24.3 Å². The fraction of sp³-hybridized carbons (Fsp3) is 0.550. The van der Waals surface area contributed by atoms with Crippen LogP contribution in [0.3, 0.4) is 0 Å². The zero-order valence-corrected chi connectivity index (χ0v) is 16.4. The van der Waals surface area contributed by atoms with Gasteiger partial charge in [0.1, 0.15) is 5.69 Å². The van der Waals surface area contributed by atoms with E-state index in [4.69, 9.17) is 9.47 Å². The Bertz CT molecular complexity index is 796. The van der Waals surface area contributed by atoms with Gasteiger partial charge in [-0.1, -0.05) is 12.1 Å². The average molecular weight is 372 g/mol. The SMILES string of the molecule is COc1nc2ccccc2nc1CCC(=O)N[C@H]1CN(C(C)C)C[C@@H]1OC. The number of fused-ring (bicyclic) bond motifs is 1. The molecule has 146 valence electrons. The summed E-state index contributed by atoms with van der Waals surface area (Å²) in [5.74, 6) is 0.466. The Balaban J connectivity index is 1.63. The van der Waals surface area contributed by atoms with Crippen LogP contribution in [0, 0.1) is 0 Å². The molecule has 27 heavy (non-hydrogen) atoms. The number of hydrogen-bond acceptors (Lipinski definition) is 6. The maximum absolute atomic E-state index is 12.5. The van der Waals surface area contributed by atoms with Crippen molar-refractivity contribution in [3.8, 4) is 5.88 Å². The molecular weight excluding hydrogens is 344 g/mol. The molecule has 0 radical (unpaired) electrons. The zero-order valence-electron chi connectivity index (χ0n) is 16.4. The Morgan fingerprint density at radius 3 is 2.56 bits per heavy atom. The Morgan fingerprint density at radius 1 is 1.22 bits per heavy atom. The molecule has 1 amide bonds. The summed E-state index contributed by atoms with van der Waals surface area (Å²) in [5.41, 5.74) is 2.28. The largest absolute Gasteiger partial charge is 0.480 e. The van der Waals surface area contributed by atoms with E-state index in [-0.39, 0.29) is 18.1 Å². The van der Waals surface area contributed by atoms with E-state index >= 15 is 0 Å². The van der Waals surface area contributed by atoms with Crippen molar-refractivity contribution in [2.75, 3.05) is 27.3 Å². The van der Waals surface area contributed by atoms with Gasteiger partial charge in [0, 0.05) is 39.1 Å². The quantitative estimate of drug-likeness (QED) is 0.799. The minimum Gasteiger partial charge on any atom is -0.480 e. The number of methoxy groups -OCH3 is 2. The lowest BCUT2D eigenvalue weighted by Crippen LogP contribution is -2.43. The van der Waals surface area contributed by atoms with Crippen LogP contribution in [0.25, 0.3) is 11.0 Å². The number of aryl methyl sites for hydroxylation is 1. The van der Waals surface area contributed by atoms with Crippen molar-refractivity contribution in [3.63, 3.8) is 0 Å². The summed E-state index contributed by atoms with van der Waals surface area (Å²) in [6, 6.07) is 8.08. The highest BCUT2D eigenvalue weighted by Gasteiger charge is 2.34. The van der Waals surface area contributed by atoms with Crippen molar-refractivity contribution in [1.29, 1.82) is 0 Å². The van der Waals surface area contributed by atoms with E-state index in [2.05, 4.69) is 34.0 Å². The summed E-state index contributed by atoms with van der Waals surface area (Å²) < 4.78 is 10.9. The molecule has 0 aliphatic carbocycles. The van der Waals surface area contributed by atoms with Crippen LogP contribution in [0.4, 0.5) is 0 Å². The maximum atomic E-state index is 12.5. The van der Waals surface area contributed by atoms with E-state index in [1.54, 1.807) is 14.2 Å². The smallest absolute Gasteiger partial charge is 0.235 e. The highest BCUT2D eigenvalue weighted by Crippen LogP contribution is 2.20. The normalized spacial score (nSPS) is 20.3. The molecule has 0 unspecified atom stereocenters. The lowest BCUT2D eigenvalue weighted by Gasteiger charge is -2.20. The average Bonchev–Trinajstić information content (AvgIpc) is 3.08. The van der Waals surface area contributed by atoms with Crippen molar-refractivity contribution >= 4 is 16.9 Å². The predicted molar refractivity (Wildman–Crippen MR) is 104 cm³/mol. The van der Waals surface area contributed by atoms with Crippen molar-refractivity contribution in [2.24, 2.45) is 0 Å². The predicted octanol–water partition coefficient (Wildman–Crippen LogP) is 1.79. The van der Waals surface area contributed by atoms with E-state index < -0.39 is 0 Å². The van der Waals surface area contributed by atoms with E-state index in [0.717, 1.165) is 24.1 Å². The second-order valence-electron chi connectivity index (χ2n) is 7.16. The number of nitrogens with zero attached hydrogens (tertiary/aromatic N) is 3. The summed E-state index contributed by atoms with van der Waals surface area (Å²) in [6.45, 7) is 5.95. The third-order valence-electron chi connectivity index (χ3n) is 5.06. The fourth-order valence-corrected chi connectivity index (χ4v) is 3.46. The van der Waals surface area contributed by atoms with Gasteiger partial charge < -0.3 is 14.8 Å². The van der Waals surface area contributed by atoms with E-state index in [1.165, 1.54) is 0 Å². The molecule has 1 N–H and O–H groups in total. The van der Waals surface area contributed by atoms with Gasteiger partial charge in [-0.3, -0.25) is 9.69 Å². The van der Waals surface area contributed by atoms with Gasteiger partial charge in [0.15, 0.2) is 0 Å². The molecule has 0 bridgehead atoms. The standard InChI is InChI=1S/C20H28N4O3/c1-13(2)24-11-17(18(12-24)26-3)22-19(25)10-9-16-20(27-4)23-15-8-6-5-7-14(15)21-16/h5-8,13,17-18H,9-12H2,1-4H3,(H,22,25)/t17-,18-/m0/s1. The first-order valence-corrected chi connectivity index (χ1v) is 9.37. The van der Waals surface area contributed by atoms with Crippen molar-refractivity contribution < 1.29 is 14.3 Å². The number of benzene rings is 1. The molecule has 1 aliphatic heterocycles. The second-order valence-corrected chi connectivity index (χ2v) is 7.16. The van der Waals surface area contributed by atoms with Gasteiger partial charge in [0.25, 0.3) is 0 Å². The zero-order chi connectivity index (χ0) is 19.4. The Labute approximate surface area is 160 Å². The van der Waals surface area contributed by atoms with Gasteiger partial charge in [0.2, 0.25) is 11.8 Å². The number of rotatable bonds is 7. The third kappa shape index (κ3) is 4.54. The van der Waals surface area contributed by atoms with Gasteiger partial charge in [-0.15, -0.1) is 0 Å². The van der Waals surface area contributed by atoms with Gasteiger partial charge >= 0.3 is 0 Å². The second kappa shape index (κ2) is 8.63. The highest BCUT2D eigenvalue weighted by molar-refractivity contribution is 5.77. The van der Waals surface area contributed by atoms with Crippen molar-refractivity contribution in [1.82, 2.24) is 20.2 Å². The molecule has 2 atom stereocenters. The minimum atomic E-state index is -0.00957. The van der Waals surface area contributed by atoms with Crippen LogP contribution in [0.5, 0.6) is 5.88 Å². The molecule has 7 heteroatoms. The first-order valence-electron chi connectivity index (χ1n) is 9.37. The number of carbonyl (C=O) groups excluding carboxylic acids is 1. The Kier molecular flexibility index (Phi) is 6.23. The lowest BCUT2D eigenvalue weighted by molar-refractivity contribution is -0.122. The van der Waals surface area contributed by atoms with Crippen LogP contribution >= 0.6 is 0 Å². The van der Waals surface area contributed by atoms with E-state index in [9.17, 15) is 4.79 Å². The van der Waals surface area contributed by atoms with Gasteiger partial charge in [-0.2, -0.15) is 0 Å². The van der Waals surface area contributed by atoms with E-state index in [1.807, 2.05) is 24.3 Å². The number of aromatic nitrogens is 2. The van der Waals surface area contributed by atoms with Crippen LogP contribution in [0.1, 0.15) is 26.0 Å². The molecule has 7 nitrogen and oxygen atoms in total.